The molecular formula is C41H46N2O5. The molecule has 250 valence electrons. The van der Waals surface area contributed by atoms with E-state index in [4.69, 9.17) is 24.7 Å². The van der Waals surface area contributed by atoms with Crippen molar-refractivity contribution in [3.8, 4) is 23.0 Å². The van der Waals surface area contributed by atoms with Gasteiger partial charge in [0.2, 0.25) is 0 Å². The monoisotopic (exact) mass is 646 g/mol. The fourth-order valence-electron chi connectivity index (χ4n) is 6.11. The number of nitrogen functional groups attached to an aromatic ring is 1. The molecule has 0 bridgehead atoms. The van der Waals surface area contributed by atoms with Gasteiger partial charge in [0.25, 0.3) is 0 Å². The van der Waals surface area contributed by atoms with Crippen LogP contribution in [0.3, 0.4) is 0 Å². The van der Waals surface area contributed by atoms with Crippen LogP contribution in [0.1, 0.15) is 35.6 Å². The van der Waals surface area contributed by atoms with Crippen molar-refractivity contribution >= 4 is 5.69 Å². The smallest absolute Gasteiger partial charge is 0.142 e. The number of aliphatic hydroxyl groups is 1. The standard InChI is InChI=1S/C41H46N2O5/c1-30(43-27-35(44)29-47-38-22-23-40(39(42)24-38)48-28-32-12-8-5-9-13-32)25-41(26-31-10-6-4-7-11-31,33-14-18-36(45-2)19-15-33)34-16-20-37(46-3)21-17-34/h4-24,30,35,43-44H,25-29,42H2,1-3H3/t30?,35-/m0/s1. The molecule has 2 atom stereocenters. The van der Waals surface area contributed by atoms with Crippen LogP contribution in [0.2, 0.25) is 0 Å². The average molecular weight is 647 g/mol. The molecule has 1 unspecified atom stereocenters. The zero-order valence-corrected chi connectivity index (χ0v) is 28.0. The lowest BCUT2D eigenvalue weighted by Gasteiger charge is -2.38. The van der Waals surface area contributed by atoms with E-state index in [2.05, 4.69) is 60.8 Å². The van der Waals surface area contributed by atoms with Gasteiger partial charge in [0, 0.05) is 24.1 Å². The van der Waals surface area contributed by atoms with Gasteiger partial charge in [-0.25, -0.2) is 0 Å². The predicted octanol–water partition coefficient (Wildman–Crippen LogP) is 7.20. The van der Waals surface area contributed by atoms with Gasteiger partial charge in [-0.1, -0.05) is 84.9 Å². The van der Waals surface area contributed by atoms with Crippen LogP contribution in [0.15, 0.2) is 127 Å². The second-order valence-corrected chi connectivity index (χ2v) is 12.2. The van der Waals surface area contributed by atoms with Gasteiger partial charge >= 0.3 is 0 Å². The van der Waals surface area contributed by atoms with Crippen molar-refractivity contribution in [3.05, 3.63) is 150 Å². The molecule has 0 aliphatic carbocycles. The molecule has 48 heavy (non-hydrogen) atoms. The van der Waals surface area contributed by atoms with E-state index in [9.17, 15) is 5.11 Å². The van der Waals surface area contributed by atoms with Crippen molar-refractivity contribution in [1.82, 2.24) is 5.32 Å². The Morgan fingerprint density at radius 1 is 0.688 bits per heavy atom. The number of aliphatic hydroxyl groups excluding tert-OH is 1. The van der Waals surface area contributed by atoms with E-state index >= 15 is 0 Å². The number of benzene rings is 5. The van der Waals surface area contributed by atoms with Crippen molar-refractivity contribution < 1.29 is 24.1 Å². The summed E-state index contributed by atoms with van der Waals surface area (Å²) in [5.41, 5.74) is 11.0. The maximum absolute atomic E-state index is 10.9. The zero-order valence-electron chi connectivity index (χ0n) is 28.0. The Balaban J connectivity index is 1.26. The van der Waals surface area contributed by atoms with E-state index in [1.807, 2.05) is 60.7 Å². The van der Waals surface area contributed by atoms with Crippen molar-refractivity contribution in [2.45, 2.75) is 43.9 Å². The lowest BCUT2D eigenvalue weighted by atomic mass is 9.67. The molecule has 0 amide bonds. The van der Waals surface area contributed by atoms with Crippen LogP contribution in [0.25, 0.3) is 0 Å². The number of nitrogens with one attached hydrogen (secondary N) is 1. The molecule has 0 spiro atoms. The number of anilines is 1. The Bertz CT molecular complexity index is 1630. The van der Waals surface area contributed by atoms with Gasteiger partial charge in [0.05, 0.1) is 19.9 Å². The number of nitrogens with two attached hydrogens (primary N) is 1. The van der Waals surface area contributed by atoms with Crippen molar-refractivity contribution in [2.24, 2.45) is 0 Å². The molecule has 0 saturated carbocycles. The molecule has 5 aromatic rings. The summed E-state index contributed by atoms with van der Waals surface area (Å²) in [5, 5.41) is 14.5. The van der Waals surface area contributed by atoms with Gasteiger partial charge in [0.1, 0.15) is 42.3 Å². The molecule has 7 nitrogen and oxygen atoms in total. The SMILES string of the molecule is COc1ccc(C(Cc2ccccc2)(CC(C)NC[C@H](O)COc2ccc(OCc3ccccc3)c(N)c2)c2ccc(OC)cc2)cc1. The lowest BCUT2D eigenvalue weighted by molar-refractivity contribution is 0.103. The third-order valence-electron chi connectivity index (χ3n) is 8.65. The molecular weight excluding hydrogens is 600 g/mol. The predicted molar refractivity (Wildman–Crippen MR) is 192 cm³/mol. The molecule has 0 radical (unpaired) electrons. The summed E-state index contributed by atoms with van der Waals surface area (Å²) in [4.78, 5) is 0. The molecule has 5 rings (SSSR count). The normalized spacial score (nSPS) is 12.6. The summed E-state index contributed by atoms with van der Waals surface area (Å²) >= 11 is 0. The average Bonchev–Trinajstić information content (AvgIpc) is 3.13. The van der Waals surface area contributed by atoms with E-state index in [0.717, 1.165) is 29.9 Å². The summed E-state index contributed by atoms with van der Waals surface area (Å²) in [6, 6.07) is 42.6. The molecule has 7 heteroatoms. The summed E-state index contributed by atoms with van der Waals surface area (Å²) in [6.45, 7) is 3.07. The molecule has 5 aromatic carbocycles. The second-order valence-electron chi connectivity index (χ2n) is 12.2. The fraction of sp³-hybridized carbons (Fsp3) is 0.268. The molecule has 0 aliphatic heterocycles. The summed E-state index contributed by atoms with van der Waals surface area (Å²) in [5.74, 6) is 2.79. The highest BCUT2D eigenvalue weighted by Crippen LogP contribution is 2.41. The van der Waals surface area contributed by atoms with Crippen molar-refractivity contribution in [2.75, 3.05) is 33.1 Å². The van der Waals surface area contributed by atoms with Crippen LogP contribution in [0, 0.1) is 0 Å². The fourth-order valence-corrected chi connectivity index (χ4v) is 6.11. The molecule has 0 aromatic heterocycles. The number of ether oxygens (including phenoxy) is 4. The summed E-state index contributed by atoms with van der Waals surface area (Å²) in [7, 11) is 3.37. The number of rotatable bonds is 17. The molecule has 4 N–H and O–H groups in total. The van der Waals surface area contributed by atoms with E-state index in [-0.39, 0.29) is 18.1 Å². The summed E-state index contributed by atoms with van der Waals surface area (Å²) < 4.78 is 22.8. The number of hydrogen-bond donors (Lipinski definition) is 3. The Morgan fingerprint density at radius 3 is 1.77 bits per heavy atom. The van der Waals surface area contributed by atoms with Crippen molar-refractivity contribution in [1.29, 1.82) is 0 Å². The number of methoxy groups -OCH3 is 2. The van der Waals surface area contributed by atoms with E-state index in [0.29, 0.717) is 30.3 Å². The minimum absolute atomic E-state index is 0.0456. The van der Waals surface area contributed by atoms with Crippen molar-refractivity contribution in [3.63, 3.8) is 0 Å². The first-order valence-corrected chi connectivity index (χ1v) is 16.3. The molecule has 0 saturated heterocycles. The van der Waals surface area contributed by atoms with Crippen LogP contribution >= 0.6 is 0 Å². The maximum atomic E-state index is 10.9. The highest BCUT2D eigenvalue weighted by Gasteiger charge is 2.36. The highest BCUT2D eigenvalue weighted by atomic mass is 16.5. The van der Waals surface area contributed by atoms with Gasteiger partial charge in [0.15, 0.2) is 0 Å². The van der Waals surface area contributed by atoms with Gasteiger partial charge in [-0.2, -0.15) is 0 Å². The minimum Gasteiger partial charge on any atom is -0.497 e. The topological polar surface area (TPSA) is 95.2 Å². The van der Waals surface area contributed by atoms with E-state index in [1.54, 1.807) is 32.4 Å². The van der Waals surface area contributed by atoms with E-state index < -0.39 is 6.10 Å². The minimum atomic E-state index is -0.729. The molecule has 0 fully saturated rings. The second kappa shape index (κ2) is 16.7. The van der Waals surface area contributed by atoms with Crippen LogP contribution in [-0.2, 0) is 18.4 Å². The third-order valence-corrected chi connectivity index (χ3v) is 8.65. The summed E-state index contributed by atoms with van der Waals surface area (Å²) in [6.07, 6.45) is 0.833. The first kappa shape index (κ1) is 34.4. The first-order valence-electron chi connectivity index (χ1n) is 16.3. The highest BCUT2D eigenvalue weighted by molar-refractivity contribution is 5.56. The first-order chi connectivity index (χ1) is 23.4. The van der Waals surface area contributed by atoms with Crippen LogP contribution in [0.4, 0.5) is 5.69 Å². The van der Waals surface area contributed by atoms with Crippen LogP contribution in [-0.4, -0.2) is 44.6 Å². The van der Waals surface area contributed by atoms with E-state index in [1.165, 1.54) is 16.7 Å². The Kier molecular flexibility index (Phi) is 12.0. The zero-order chi connectivity index (χ0) is 33.8. The van der Waals surface area contributed by atoms with Gasteiger partial charge in [-0.15, -0.1) is 0 Å². The van der Waals surface area contributed by atoms with Crippen LogP contribution in [0.5, 0.6) is 23.0 Å². The third kappa shape index (κ3) is 9.09. The van der Waals surface area contributed by atoms with Gasteiger partial charge < -0.3 is 35.1 Å². The van der Waals surface area contributed by atoms with Crippen LogP contribution < -0.4 is 30.0 Å². The quantitative estimate of drug-likeness (QED) is 0.0920. The maximum Gasteiger partial charge on any atom is 0.142 e. The number of hydrogen-bond acceptors (Lipinski definition) is 7. The Morgan fingerprint density at radius 2 is 1.23 bits per heavy atom. The van der Waals surface area contributed by atoms with Gasteiger partial charge in [-0.3, -0.25) is 0 Å². The van der Waals surface area contributed by atoms with Gasteiger partial charge in [-0.05, 0) is 78.4 Å². The molecule has 0 aliphatic rings. The largest absolute Gasteiger partial charge is 0.497 e. The molecule has 0 heterocycles. The lowest BCUT2D eigenvalue weighted by Crippen LogP contribution is -2.42. The Labute approximate surface area is 284 Å². The Hall–Kier alpha value is -4.98.